The second-order valence-electron chi connectivity index (χ2n) is 8.34. The number of allylic oxidation sites excluding steroid dienone is 2. The molecule has 6 rings (SSSR count). The highest BCUT2D eigenvalue weighted by Gasteiger charge is 2.39. The molecule has 1 aliphatic heterocycles. The summed E-state index contributed by atoms with van der Waals surface area (Å²) in [7, 11) is 0. The Morgan fingerprint density at radius 1 is 0.935 bits per heavy atom. The minimum Gasteiger partial charge on any atom is -0.508 e. The fourth-order valence-corrected chi connectivity index (χ4v) is 5.17. The Kier molecular flexibility index (Phi) is 4.00. The van der Waals surface area contributed by atoms with E-state index in [1.165, 1.54) is 0 Å². The van der Waals surface area contributed by atoms with Crippen molar-refractivity contribution in [3.05, 3.63) is 107 Å². The smallest absolute Gasteiger partial charge is 0.162 e. The Labute approximate surface area is 179 Å². The minimum atomic E-state index is -0.227. The first kappa shape index (κ1) is 18.0. The molecule has 0 saturated heterocycles. The van der Waals surface area contributed by atoms with Gasteiger partial charge in [-0.1, -0.05) is 42.5 Å². The molecule has 0 amide bonds. The highest BCUT2D eigenvalue weighted by atomic mass is 16.3. The summed E-state index contributed by atoms with van der Waals surface area (Å²) in [6.45, 7) is 0. The topological polar surface area (TPSA) is 62.5 Å². The minimum absolute atomic E-state index is 0.0283. The molecule has 1 aromatic heterocycles. The summed E-state index contributed by atoms with van der Waals surface area (Å²) < 4.78 is 5.62. The number of anilines is 1. The number of furan rings is 1. The van der Waals surface area contributed by atoms with Gasteiger partial charge in [-0.15, -0.1) is 0 Å². The second kappa shape index (κ2) is 6.88. The standard InChI is InChI=1S/C27H21NO3/c29-19-7-3-6-17(13-19)25-26-20-8-2-1-5-16(20)10-11-21(26)28-22-14-18(15-23(30)27(22)25)24-9-4-12-31-24/h1-13,18,25,28-29H,14-15H2/t18-,25-/m0/s1. The molecular weight excluding hydrogens is 386 g/mol. The van der Waals surface area contributed by atoms with Crippen molar-refractivity contribution < 1.29 is 14.3 Å². The van der Waals surface area contributed by atoms with E-state index in [1.54, 1.807) is 18.4 Å². The molecule has 2 atom stereocenters. The molecule has 4 nitrogen and oxygen atoms in total. The third kappa shape index (κ3) is 2.87. The third-order valence-corrected chi connectivity index (χ3v) is 6.49. The van der Waals surface area contributed by atoms with Gasteiger partial charge in [0.05, 0.1) is 6.26 Å². The summed E-state index contributed by atoms with van der Waals surface area (Å²) in [5, 5.41) is 16.0. The molecule has 2 aliphatic rings. The van der Waals surface area contributed by atoms with E-state index in [9.17, 15) is 9.90 Å². The Bertz CT molecular complexity index is 1350. The molecule has 31 heavy (non-hydrogen) atoms. The van der Waals surface area contributed by atoms with Gasteiger partial charge in [-0.3, -0.25) is 4.79 Å². The van der Waals surface area contributed by atoms with Crippen LogP contribution in [0.2, 0.25) is 0 Å². The third-order valence-electron chi connectivity index (χ3n) is 6.49. The SMILES string of the molecule is O=C1C[C@@H](c2ccco2)CC2=C1[C@@H](c1cccc(O)c1)c1c(ccc3ccccc13)N2. The summed E-state index contributed by atoms with van der Waals surface area (Å²) in [6, 6.07) is 23.6. The van der Waals surface area contributed by atoms with E-state index >= 15 is 0 Å². The number of fused-ring (bicyclic) bond motifs is 3. The Morgan fingerprint density at radius 2 is 1.84 bits per heavy atom. The highest BCUT2D eigenvalue weighted by Crippen LogP contribution is 2.50. The predicted octanol–water partition coefficient (Wildman–Crippen LogP) is 6.10. The van der Waals surface area contributed by atoms with E-state index < -0.39 is 0 Å². The number of phenolic OH excluding ortho intramolecular Hbond substituents is 1. The molecule has 0 radical (unpaired) electrons. The van der Waals surface area contributed by atoms with Gasteiger partial charge in [-0.25, -0.2) is 0 Å². The van der Waals surface area contributed by atoms with Gasteiger partial charge in [0.15, 0.2) is 5.78 Å². The van der Waals surface area contributed by atoms with Gasteiger partial charge in [-0.2, -0.15) is 0 Å². The number of aromatic hydroxyl groups is 1. The van der Waals surface area contributed by atoms with Crippen LogP contribution in [0.3, 0.4) is 0 Å². The van der Waals surface area contributed by atoms with Crippen LogP contribution < -0.4 is 5.32 Å². The molecule has 4 aromatic rings. The normalized spacial score (nSPS) is 20.3. The number of Topliss-reactive ketones (excluding diaryl/α,β-unsaturated/α-hetero) is 1. The lowest BCUT2D eigenvalue weighted by atomic mass is 9.71. The second-order valence-corrected chi connectivity index (χ2v) is 8.34. The summed E-state index contributed by atoms with van der Waals surface area (Å²) in [5.74, 6) is 0.980. The molecule has 2 heterocycles. The molecule has 0 unspecified atom stereocenters. The largest absolute Gasteiger partial charge is 0.508 e. The number of nitrogens with one attached hydrogen (secondary N) is 1. The van der Waals surface area contributed by atoms with Crippen LogP contribution in [-0.4, -0.2) is 10.9 Å². The lowest BCUT2D eigenvalue weighted by Gasteiger charge is -2.37. The molecule has 3 aromatic carbocycles. The van der Waals surface area contributed by atoms with Crippen LogP contribution in [0.4, 0.5) is 5.69 Å². The van der Waals surface area contributed by atoms with Crippen molar-refractivity contribution in [1.82, 2.24) is 0 Å². The van der Waals surface area contributed by atoms with E-state index in [2.05, 4.69) is 29.6 Å². The van der Waals surface area contributed by atoms with Crippen LogP contribution in [0.1, 0.15) is 41.6 Å². The molecule has 0 spiro atoms. The Hall–Kier alpha value is -3.79. The summed E-state index contributed by atoms with van der Waals surface area (Å²) in [5.41, 5.74) is 4.79. The maximum Gasteiger partial charge on any atom is 0.162 e. The fraction of sp³-hybridized carbons (Fsp3) is 0.148. The number of benzene rings is 3. The number of rotatable bonds is 2. The Balaban J connectivity index is 1.58. The Morgan fingerprint density at radius 3 is 2.68 bits per heavy atom. The molecule has 152 valence electrons. The zero-order valence-electron chi connectivity index (χ0n) is 16.8. The molecule has 4 heteroatoms. The number of carbonyl (C=O) groups excluding carboxylic acids is 1. The van der Waals surface area contributed by atoms with Crippen LogP contribution in [0.15, 0.2) is 94.7 Å². The summed E-state index contributed by atoms with van der Waals surface area (Å²) in [6.07, 6.45) is 2.80. The molecule has 1 aliphatic carbocycles. The van der Waals surface area contributed by atoms with Crippen LogP contribution in [0, 0.1) is 0 Å². The first-order chi connectivity index (χ1) is 15.2. The van der Waals surface area contributed by atoms with Gasteiger partial charge in [0.25, 0.3) is 0 Å². The lowest BCUT2D eigenvalue weighted by Crippen LogP contribution is -2.29. The van der Waals surface area contributed by atoms with E-state index in [1.807, 2.05) is 36.4 Å². The fourth-order valence-electron chi connectivity index (χ4n) is 5.17. The van der Waals surface area contributed by atoms with Gasteiger partial charge in [-0.05, 0) is 58.7 Å². The van der Waals surface area contributed by atoms with Gasteiger partial charge in [0.1, 0.15) is 11.5 Å². The van der Waals surface area contributed by atoms with Gasteiger partial charge < -0.3 is 14.8 Å². The van der Waals surface area contributed by atoms with E-state index in [4.69, 9.17) is 4.42 Å². The number of hydrogen-bond donors (Lipinski definition) is 2. The quantitative estimate of drug-likeness (QED) is 0.422. The molecule has 0 fully saturated rings. The van der Waals surface area contributed by atoms with Gasteiger partial charge >= 0.3 is 0 Å². The first-order valence-electron chi connectivity index (χ1n) is 10.6. The maximum absolute atomic E-state index is 13.5. The van der Waals surface area contributed by atoms with Crippen LogP contribution in [0.25, 0.3) is 10.8 Å². The number of phenols is 1. The van der Waals surface area contributed by atoms with E-state index in [0.717, 1.165) is 51.0 Å². The van der Waals surface area contributed by atoms with Gasteiger partial charge in [0.2, 0.25) is 0 Å². The average Bonchev–Trinajstić information content (AvgIpc) is 3.32. The monoisotopic (exact) mass is 407 g/mol. The van der Waals surface area contributed by atoms with Crippen molar-refractivity contribution in [3.8, 4) is 5.75 Å². The van der Waals surface area contributed by atoms with Crippen molar-refractivity contribution in [2.45, 2.75) is 24.7 Å². The van der Waals surface area contributed by atoms with Crippen LogP contribution >= 0.6 is 0 Å². The number of carbonyl (C=O) groups is 1. The number of ketones is 1. The summed E-state index contributed by atoms with van der Waals surface area (Å²) >= 11 is 0. The zero-order valence-corrected chi connectivity index (χ0v) is 16.8. The highest BCUT2D eigenvalue weighted by molar-refractivity contribution is 6.04. The summed E-state index contributed by atoms with van der Waals surface area (Å²) in [4.78, 5) is 13.5. The maximum atomic E-state index is 13.5. The van der Waals surface area contributed by atoms with E-state index in [0.29, 0.717) is 6.42 Å². The van der Waals surface area contributed by atoms with Crippen LogP contribution in [0.5, 0.6) is 5.75 Å². The van der Waals surface area contributed by atoms with E-state index in [-0.39, 0.29) is 23.4 Å². The molecule has 2 N–H and O–H groups in total. The first-order valence-corrected chi connectivity index (χ1v) is 10.6. The van der Waals surface area contributed by atoms with Crippen molar-refractivity contribution in [1.29, 1.82) is 0 Å². The van der Waals surface area contributed by atoms with Crippen molar-refractivity contribution >= 4 is 22.2 Å². The molecule has 0 bridgehead atoms. The lowest BCUT2D eigenvalue weighted by molar-refractivity contribution is -0.116. The molecular formula is C27H21NO3. The predicted molar refractivity (Wildman–Crippen MR) is 120 cm³/mol. The molecule has 0 saturated carbocycles. The zero-order chi connectivity index (χ0) is 20.9. The average molecular weight is 407 g/mol. The van der Waals surface area contributed by atoms with Crippen molar-refractivity contribution in [2.24, 2.45) is 0 Å². The van der Waals surface area contributed by atoms with Crippen molar-refractivity contribution in [3.63, 3.8) is 0 Å². The number of hydrogen-bond acceptors (Lipinski definition) is 4. The van der Waals surface area contributed by atoms with Crippen molar-refractivity contribution in [2.75, 3.05) is 5.32 Å². The van der Waals surface area contributed by atoms with Crippen LogP contribution in [-0.2, 0) is 4.79 Å². The van der Waals surface area contributed by atoms with Gasteiger partial charge in [0, 0.05) is 35.2 Å².